The zero-order valence-corrected chi connectivity index (χ0v) is 20.1. The average Bonchev–Trinajstić information content (AvgIpc) is 3.54. The van der Waals surface area contributed by atoms with Gasteiger partial charge in [0, 0.05) is 18.7 Å². The number of aromatic nitrogens is 4. The molecule has 0 radical (unpaired) electrons. The summed E-state index contributed by atoms with van der Waals surface area (Å²) in [4.78, 5) is 20.5. The molecule has 34 heavy (non-hydrogen) atoms. The van der Waals surface area contributed by atoms with Crippen molar-refractivity contribution in [2.45, 2.75) is 25.3 Å². The third kappa shape index (κ3) is 7.97. The van der Waals surface area contributed by atoms with Gasteiger partial charge in [0.25, 0.3) is 5.91 Å². The van der Waals surface area contributed by atoms with Crippen LogP contribution in [0.3, 0.4) is 0 Å². The van der Waals surface area contributed by atoms with E-state index in [0.29, 0.717) is 61.4 Å². The molecule has 0 fully saturated rings. The van der Waals surface area contributed by atoms with Gasteiger partial charge in [0.1, 0.15) is 30.4 Å². The van der Waals surface area contributed by atoms with E-state index in [-0.39, 0.29) is 30.4 Å². The van der Waals surface area contributed by atoms with E-state index in [4.69, 9.17) is 30.2 Å². The highest BCUT2D eigenvalue weighted by Crippen LogP contribution is 2.32. The molecular formula is C21H25ClFN5O5S. The molecule has 0 saturated heterocycles. The van der Waals surface area contributed by atoms with Gasteiger partial charge in [0.2, 0.25) is 0 Å². The van der Waals surface area contributed by atoms with Crippen molar-refractivity contribution in [1.82, 2.24) is 25.1 Å². The molecule has 0 aliphatic carbocycles. The maximum atomic E-state index is 12.5. The second kappa shape index (κ2) is 13.9. The maximum Gasteiger partial charge on any atom is 0.273 e. The molecule has 10 nitrogen and oxygen atoms in total. The minimum absolute atomic E-state index is 0.143. The highest BCUT2D eigenvalue weighted by molar-refractivity contribution is 7.94. The lowest BCUT2D eigenvalue weighted by Gasteiger charge is -2.11. The summed E-state index contributed by atoms with van der Waals surface area (Å²) in [6.45, 7) is 3.93. The van der Waals surface area contributed by atoms with Crippen LogP contribution in [0.1, 0.15) is 23.8 Å². The van der Waals surface area contributed by atoms with Crippen LogP contribution in [-0.4, -0.2) is 64.1 Å². The van der Waals surface area contributed by atoms with Crippen molar-refractivity contribution < 1.29 is 27.3 Å². The smallest absolute Gasteiger partial charge is 0.273 e. The summed E-state index contributed by atoms with van der Waals surface area (Å²) >= 11 is 6.49. The monoisotopic (exact) mass is 513 g/mol. The van der Waals surface area contributed by atoms with Gasteiger partial charge in [-0.25, -0.2) is 9.97 Å². The second-order valence-electron chi connectivity index (χ2n) is 6.93. The van der Waals surface area contributed by atoms with E-state index in [2.05, 4.69) is 20.4 Å². The molecule has 0 saturated carbocycles. The van der Waals surface area contributed by atoms with Gasteiger partial charge in [-0.2, -0.15) is 8.98 Å². The van der Waals surface area contributed by atoms with Crippen molar-refractivity contribution >= 4 is 29.7 Å². The molecule has 1 amide bonds. The van der Waals surface area contributed by atoms with E-state index in [1.54, 1.807) is 36.1 Å². The molecule has 1 atom stereocenters. The number of nitrogens with zero attached hydrogens (tertiary/aromatic N) is 4. The molecule has 1 N–H and O–H groups in total. The van der Waals surface area contributed by atoms with Crippen molar-refractivity contribution in [2.24, 2.45) is 0 Å². The Morgan fingerprint density at radius 2 is 2.18 bits per heavy atom. The Morgan fingerprint density at radius 1 is 1.32 bits per heavy atom. The molecule has 2 aromatic heterocycles. The van der Waals surface area contributed by atoms with E-state index < -0.39 is 5.44 Å². The summed E-state index contributed by atoms with van der Waals surface area (Å²) in [6, 6.07) is 5.06. The summed E-state index contributed by atoms with van der Waals surface area (Å²) in [7, 11) is 0. The standard InChI is InChI=1S/C21H25ClFN5O5S/c1-15(34-23)31-9-7-30-8-10-32-18-4-3-16(11-17(18)22)20-19(26-14-33-20)21(29)25-5-2-6-28-13-24-12-27-28/h3-4,11-15H,2,5-10H2,1H3,(H,25,29). The molecule has 0 spiro atoms. The predicted octanol–water partition coefficient (Wildman–Crippen LogP) is 3.78. The number of halogens is 2. The topological polar surface area (TPSA) is 114 Å². The fourth-order valence-corrected chi connectivity index (χ4v) is 3.24. The van der Waals surface area contributed by atoms with E-state index in [9.17, 15) is 8.68 Å². The van der Waals surface area contributed by atoms with Crippen LogP contribution in [0.5, 0.6) is 5.75 Å². The van der Waals surface area contributed by atoms with Crippen LogP contribution in [-0.2, 0) is 16.0 Å². The summed E-state index contributed by atoms with van der Waals surface area (Å²) in [5.41, 5.74) is 0.246. The SMILES string of the molecule is CC(OCCOCCOc1ccc(-c2ocnc2C(=O)NCCCn2cncn2)cc1Cl)SF. The number of hydrogen-bond acceptors (Lipinski definition) is 9. The zero-order chi connectivity index (χ0) is 24.2. The summed E-state index contributed by atoms with van der Waals surface area (Å²) in [5, 5.41) is 7.19. The zero-order valence-electron chi connectivity index (χ0n) is 18.5. The van der Waals surface area contributed by atoms with Gasteiger partial charge in [-0.15, -0.1) is 0 Å². The number of ether oxygens (including phenoxy) is 3. The number of aryl methyl sites for hydroxylation is 1. The Hall–Kier alpha value is -2.67. The molecule has 0 aliphatic heterocycles. The lowest BCUT2D eigenvalue weighted by atomic mass is 10.1. The third-order valence-corrected chi connectivity index (χ3v) is 5.17. The van der Waals surface area contributed by atoms with Gasteiger partial charge >= 0.3 is 0 Å². The van der Waals surface area contributed by atoms with Gasteiger partial charge in [0.15, 0.2) is 17.8 Å². The number of amides is 1. The van der Waals surface area contributed by atoms with Crippen molar-refractivity contribution in [1.29, 1.82) is 0 Å². The highest BCUT2D eigenvalue weighted by Gasteiger charge is 2.19. The number of rotatable bonds is 15. The fraction of sp³-hybridized carbons (Fsp3) is 0.429. The second-order valence-corrected chi connectivity index (χ2v) is 8.18. The molecule has 3 aromatic rings. The molecule has 2 heterocycles. The first-order valence-electron chi connectivity index (χ1n) is 10.5. The van der Waals surface area contributed by atoms with Gasteiger partial charge in [-0.1, -0.05) is 11.6 Å². The van der Waals surface area contributed by atoms with Gasteiger partial charge in [-0.05, 0) is 31.5 Å². The predicted molar refractivity (Wildman–Crippen MR) is 124 cm³/mol. The molecule has 184 valence electrons. The van der Waals surface area contributed by atoms with Crippen LogP contribution in [0.2, 0.25) is 5.02 Å². The number of hydrogen-bond donors (Lipinski definition) is 1. The molecule has 1 aromatic carbocycles. The Balaban J connectivity index is 1.45. The van der Waals surface area contributed by atoms with E-state index >= 15 is 0 Å². The first-order valence-corrected chi connectivity index (χ1v) is 11.7. The Morgan fingerprint density at radius 3 is 2.94 bits per heavy atom. The Bertz CT molecular complexity index is 1020. The third-order valence-electron chi connectivity index (χ3n) is 4.48. The molecule has 0 bridgehead atoms. The highest BCUT2D eigenvalue weighted by atomic mass is 35.5. The fourth-order valence-electron chi connectivity index (χ4n) is 2.86. The quantitative estimate of drug-likeness (QED) is 0.239. The van der Waals surface area contributed by atoms with Crippen molar-refractivity contribution in [3.63, 3.8) is 0 Å². The van der Waals surface area contributed by atoms with Gasteiger partial charge in [-0.3, -0.25) is 9.48 Å². The van der Waals surface area contributed by atoms with Crippen LogP contribution in [0.4, 0.5) is 3.89 Å². The van der Waals surface area contributed by atoms with Crippen LogP contribution in [0.15, 0.2) is 41.7 Å². The first kappa shape index (κ1) is 25.9. The Labute approximate surface area is 205 Å². The summed E-state index contributed by atoms with van der Waals surface area (Å²) in [5.74, 6) is 0.428. The lowest BCUT2D eigenvalue weighted by Crippen LogP contribution is -2.26. The van der Waals surface area contributed by atoms with Gasteiger partial charge < -0.3 is 23.9 Å². The maximum absolute atomic E-state index is 12.5. The molecule has 3 rings (SSSR count). The molecule has 13 heteroatoms. The normalized spacial score (nSPS) is 12.0. The number of carbonyl (C=O) groups excluding carboxylic acids is 1. The largest absolute Gasteiger partial charge is 0.490 e. The van der Waals surface area contributed by atoms with E-state index in [1.165, 1.54) is 12.7 Å². The van der Waals surface area contributed by atoms with Crippen LogP contribution < -0.4 is 10.1 Å². The number of benzene rings is 1. The molecular weight excluding hydrogens is 489 g/mol. The molecule has 1 unspecified atom stereocenters. The van der Waals surface area contributed by atoms with Crippen LogP contribution >= 0.6 is 23.7 Å². The minimum atomic E-state index is -0.515. The van der Waals surface area contributed by atoms with Crippen molar-refractivity contribution in [2.75, 3.05) is 33.0 Å². The van der Waals surface area contributed by atoms with Crippen LogP contribution in [0, 0.1) is 0 Å². The first-order chi connectivity index (χ1) is 16.6. The Kier molecular flexibility index (Phi) is 10.6. The number of carbonyl (C=O) groups is 1. The van der Waals surface area contributed by atoms with E-state index in [1.807, 2.05) is 0 Å². The van der Waals surface area contributed by atoms with E-state index in [0.717, 1.165) is 0 Å². The van der Waals surface area contributed by atoms with Gasteiger partial charge in [0.05, 0.1) is 37.0 Å². The molecule has 0 aliphatic rings. The van der Waals surface area contributed by atoms with Crippen molar-refractivity contribution in [3.05, 3.63) is 48.0 Å². The average molecular weight is 514 g/mol. The lowest BCUT2D eigenvalue weighted by molar-refractivity contribution is 0.0314. The number of oxazole rings is 1. The minimum Gasteiger partial charge on any atom is -0.490 e. The summed E-state index contributed by atoms with van der Waals surface area (Å²) < 4.78 is 35.5. The summed E-state index contributed by atoms with van der Waals surface area (Å²) in [6.07, 6.45) is 4.98. The van der Waals surface area contributed by atoms with Crippen LogP contribution in [0.25, 0.3) is 11.3 Å². The van der Waals surface area contributed by atoms with Crippen molar-refractivity contribution in [3.8, 4) is 17.1 Å². The number of nitrogens with one attached hydrogen (secondary N) is 1.